The molecule has 0 spiro atoms. The number of carbonyl (C=O) groups excluding carboxylic acids is 1. The lowest BCUT2D eigenvalue weighted by atomic mass is 10.0. The van der Waals surface area contributed by atoms with Crippen molar-refractivity contribution in [3.8, 4) is 0 Å². The molecule has 0 bridgehead atoms. The minimum absolute atomic E-state index is 0.0515. The van der Waals surface area contributed by atoms with Crippen LogP contribution in [0, 0.1) is 5.92 Å². The summed E-state index contributed by atoms with van der Waals surface area (Å²) in [4.78, 5) is 11.7. The summed E-state index contributed by atoms with van der Waals surface area (Å²) in [6, 6.07) is 6.98. The Labute approximate surface area is 93.8 Å². The lowest BCUT2D eigenvalue weighted by molar-refractivity contribution is 0.0942. The van der Waals surface area contributed by atoms with Crippen LogP contribution in [0.5, 0.6) is 0 Å². The highest BCUT2D eigenvalue weighted by atomic mass is 35.5. The topological polar surface area (TPSA) is 41.1 Å². The Balaban J connectivity index is 1.89. The van der Waals surface area contributed by atoms with E-state index >= 15 is 0 Å². The van der Waals surface area contributed by atoms with Gasteiger partial charge in [-0.2, -0.15) is 0 Å². The largest absolute Gasteiger partial charge is 0.352 e. The fourth-order valence-corrected chi connectivity index (χ4v) is 1.65. The number of nitrogens with one attached hydrogen (secondary N) is 2. The average Bonchev–Trinajstić information content (AvgIpc) is 2.15. The molecule has 2 rings (SSSR count). The van der Waals surface area contributed by atoms with Crippen molar-refractivity contribution in [3.05, 3.63) is 34.9 Å². The van der Waals surface area contributed by atoms with E-state index in [-0.39, 0.29) is 5.91 Å². The zero-order chi connectivity index (χ0) is 10.7. The summed E-state index contributed by atoms with van der Waals surface area (Å²) in [5.74, 6) is 0.525. The lowest BCUT2D eigenvalue weighted by Gasteiger charge is -2.27. The van der Waals surface area contributed by atoms with Crippen molar-refractivity contribution >= 4 is 17.5 Å². The van der Waals surface area contributed by atoms with Gasteiger partial charge in [0.25, 0.3) is 5.91 Å². The third-order valence-electron chi connectivity index (χ3n) is 2.50. The van der Waals surface area contributed by atoms with Gasteiger partial charge in [-0.05, 0) is 18.2 Å². The molecule has 0 saturated carbocycles. The van der Waals surface area contributed by atoms with Crippen LogP contribution in [0.2, 0.25) is 5.02 Å². The SMILES string of the molecule is O=C(NCC1CNC1)c1cccc(Cl)c1. The number of amides is 1. The van der Waals surface area contributed by atoms with Crippen LogP contribution in [-0.2, 0) is 0 Å². The number of rotatable bonds is 3. The van der Waals surface area contributed by atoms with Gasteiger partial charge >= 0.3 is 0 Å². The molecule has 0 atom stereocenters. The summed E-state index contributed by atoms with van der Waals surface area (Å²) in [7, 11) is 0. The summed E-state index contributed by atoms with van der Waals surface area (Å²) in [6.45, 7) is 2.73. The van der Waals surface area contributed by atoms with Gasteiger partial charge < -0.3 is 10.6 Å². The highest BCUT2D eigenvalue weighted by molar-refractivity contribution is 6.30. The molecule has 0 aromatic heterocycles. The summed E-state index contributed by atoms with van der Waals surface area (Å²) in [5.41, 5.74) is 0.620. The molecule has 1 fully saturated rings. The van der Waals surface area contributed by atoms with Gasteiger partial charge in [-0.25, -0.2) is 0 Å². The van der Waals surface area contributed by atoms with Gasteiger partial charge in [-0.1, -0.05) is 17.7 Å². The molecule has 2 N–H and O–H groups in total. The van der Waals surface area contributed by atoms with Crippen LogP contribution < -0.4 is 10.6 Å². The first-order valence-electron chi connectivity index (χ1n) is 5.00. The predicted molar refractivity (Wildman–Crippen MR) is 60.1 cm³/mol. The first kappa shape index (κ1) is 10.5. The Morgan fingerprint density at radius 2 is 2.33 bits per heavy atom. The van der Waals surface area contributed by atoms with E-state index in [1.54, 1.807) is 24.3 Å². The number of hydrogen-bond donors (Lipinski definition) is 2. The van der Waals surface area contributed by atoms with Crippen molar-refractivity contribution in [3.63, 3.8) is 0 Å². The van der Waals surface area contributed by atoms with Crippen molar-refractivity contribution in [2.45, 2.75) is 0 Å². The Kier molecular flexibility index (Phi) is 3.23. The second-order valence-electron chi connectivity index (χ2n) is 3.74. The van der Waals surface area contributed by atoms with Crippen molar-refractivity contribution in [2.24, 2.45) is 5.92 Å². The van der Waals surface area contributed by atoms with Crippen LogP contribution in [0.3, 0.4) is 0 Å². The second-order valence-corrected chi connectivity index (χ2v) is 4.18. The van der Waals surface area contributed by atoms with Crippen molar-refractivity contribution < 1.29 is 4.79 Å². The normalized spacial score (nSPS) is 15.8. The molecule has 0 unspecified atom stereocenters. The van der Waals surface area contributed by atoms with Crippen molar-refractivity contribution in [1.29, 1.82) is 0 Å². The highest BCUT2D eigenvalue weighted by Gasteiger charge is 2.17. The van der Waals surface area contributed by atoms with Gasteiger partial charge in [0, 0.05) is 36.1 Å². The number of hydrogen-bond acceptors (Lipinski definition) is 2. The minimum Gasteiger partial charge on any atom is -0.352 e. The van der Waals surface area contributed by atoms with Gasteiger partial charge in [0.05, 0.1) is 0 Å². The minimum atomic E-state index is -0.0515. The van der Waals surface area contributed by atoms with E-state index < -0.39 is 0 Å². The summed E-state index contributed by atoms with van der Waals surface area (Å²) >= 11 is 5.80. The first-order valence-corrected chi connectivity index (χ1v) is 5.38. The molecule has 1 aromatic carbocycles. The van der Waals surface area contributed by atoms with E-state index in [1.165, 1.54) is 0 Å². The maximum Gasteiger partial charge on any atom is 0.251 e. The van der Waals surface area contributed by atoms with E-state index in [0.717, 1.165) is 19.6 Å². The van der Waals surface area contributed by atoms with Crippen molar-refractivity contribution in [2.75, 3.05) is 19.6 Å². The van der Waals surface area contributed by atoms with Crippen LogP contribution >= 0.6 is 11.6 Å². The standard InChI is InChI=1S/C11H13ClN2O/c12-10-3-1-2-9(4-10)11(15)14-7-8-5-13-6-8/h1-4,8,13H,5-7H2,(H,14,15). The zero-order valence-corrected chi connectivity index (χ0v) is 9.05. The maximum absolute atomic E-state index is 11.7. The van der Waals surface area contributed by atoms with Gasteiger partial charge in [0.1, 0.15) is 0 Å². The Hall–Kier alpha value is -1.06. The molecule has 1 aliphatic rings. The molecule has 0 radical (unpaired) electrons. The molecule has 1 heterocycles. The van der Waals surface area contributed by atoms with E-state index in [1.807, 2.05) is 0 Å². The molecule has 3 nitrogen and oxygen atoms in total. The van der Waals surface area contributed by atoms with E-state index in [9.17, 15) is 4.79 Å². The van der Waals surface area contributed by atoms with Crippen LogP contribution in [0.1, 0.15) is 10.4 Å². The molecule has 1 saturated heterocycles. The predicted octanol–water partition coefficient (Wildman–Crippen LogP) is 1.29. The summed E-state index contributed by atoms with van der Waals surface area (Å²) < 4.78 is 0. The second kappa shape index (κ2) is 4.64. The maximum atomic E-state index is 11.7. The fraction of sp³-hybridized carbons (Fsp3) is 0.364. The summed E-state index contributed by atoms with van der Waals surface area (Å²) in [5, 5.41) is 6.64. The van der Waals surface area contributed by atoms with Crippen LogP contribution in [0.15, 0.2) is 24.3 Å². The molecule has 1 amide bonds. The van der Waals surface area contributed by atoms with E-state index in [0.29, 0.717) is 16.5 Å². The van der Waals surface area contributed by atoms with Crippen molar-refractivity contribution in [1.82, 2.24) is 10.6 Å². The third kappa shape index (κ3) is 2.70. The fourth-order valence-electron chi connectivity index (χ4n) is 1.46. The van der Waals surface area contributed by atoms with Crippen LogP contribution in [0.25, 0.3) is 0 Å². The van der Waals surface area contributed by atoms with Crippen LogP contribution in [0.4, 0.5) is 0 Å². The zero-order valence-electron chi connectivity index (χ0n) is 8.29. The molecule has 1 aromatic rings. The molecular weight excluding hydrogens is 212 g/mol. The molecule has 80 valence electrons. The Morgan fingerprint density at radius 3 is 2.93 bits per heavy atom. The number of carbonyl (C=O) groups is 1. The smallest absolute Gasteiger partial charge is 0.251 e. The molecule has 1 aliphatic heterocycles. The van der Waals surface area contributed by atoms with E-state index in [4.69, 9.17) is 11.6 Å². The number of benzene rings is 1. The average molecular weight is 225 g/mol. The van der Waals surface area contributed by atoms with Gasteiger partial charge in [0.15, 0.2) is 0 Å². The van der Waals surface area contributed by atoms with E-state index in [2.05, 4.69) is 10.6 Å². The van der Waals surface area contributed by atoms with Crippen LogP contribution in [-0.4, -0.2) is 25.5 Å². The Morgan fingerprint density at radius 1 is 1.53 bits per heavy atom. The van der Waals surface area contributed by atoms with Gasteiger partial charge in [0.2, 0.25) is 0 Å². The third-order valence-corrected chi connectivity index (χ3v) is 2.74. The first-order chi connectivity index (χ1) is 7.25. The highest BCUT2D eigenvalue weighted by Crippen LogP contribution is 2.10. The molecule has 4 heteroatoms. The molecular formula is C11H13ClN2O. The molecule has 0 aliphatic carbocycles. The summed E-state index contributed by atoms with van der Waals surface area (Å²) in [6.07, 6.45) is 0. The lowest BCUT2D eigenvalue weighted by Crippen LogP contribution is -2.48. The quantitative estimate of drug-likeness (QED) is 0.813. The Bertz CT molecular complexity index is 363. The monoisotopic (exact) mass is 224 g/mol. The molecule has 15 heavy (non-hydrogen) atoms. The number of halogens is 1. The van der Waals surface area contributed by atoms with Gasteiger partial charge in [-0.15, -0.1) is 0 Å². The van der Waals surface area contributed by atoms with Gasteiger partial charge in [-0.3, -0.25) is 4.79 Å².